The number of anilines is 1. The number of benzene rings is 1. The lowest BCUT2D eigenvalue weighted by molar-refractivity contribution is -0.122. The first-order chi connectivity index (χ1) is 10.1. The molecular formula is C15H20N4O2. The number of methoxy groups -OCH3 is 1. The van der Waals surface area contributed by atoms with Gasteiger partial charge in [0.1, 0.15) is 12.4 Å². The molecule has 0 bridgehead atoms. The van der Waals surface area contributed by atoms with Gasteiger partial charge in [0.15, 0.2) is 0 Å². The molecule has 1 aromatic carbocycles. The maximum atomic E-state index is 12.0. The molecule has 0 radical (unpaired) electrons. The van der Waals surface area contributed by atoms with E-state index < -0.39 is 0 Å². The lowest BCUT2D eigenvalue weighted by Crippen LogP contribution is -2.37. The number of aromatic nitrogens is 2. The van der Waals surface area contributed by atoms with Crippen LogP contribution in [-0.2, 0) is 16.1 Å². The van der Waals surface area contributed by atoms with Gasteiger partial charge < -0.3 is 20.4 Å². The Labute approximate surface area is 123 Å². The normalized spacial score (nSPS) is 12.1. The van der Waals surface area contributed by atoms with Crippen molar-refractivity contribution in [3.63, 3.8) is 0 Å². The van der Waals surface area contributed by atoms with Gasteiger partial charge in [-0.2, -0.15) is 0 Å². The van der Waals surface area contributed by atoms with E-state index >= 15 is 0 Å². The smallest absolute Gasteiger partial charge is 0.240 e. The summed E-state index contributed by atoms with van der Waals surface area (Å²) in [6.45, 7) is 2.60. The van der Waals surface area contributed by atoms with Crippen LogP contribution in [0.3, 0.4) is 0 Å². The van der Waals surface area contributed by atoms with Crippen molar-refractivity contribution >= 4 is 11.6 Å². The minimum Gasteiger partial charge on any atom is -0.399 e. The van der Waals surface area contributed by atoms with Gasteiger partial charge in [0, 0.05) is 36.8 Å². The Hall–Kier alpha value is -2.34. The molecule has 1 atom stereocenters. The van der Waals surface area contributed by atoms with Gasteiger partial charge in [-0.25, -0.2) is 4.98 Å². The van der Waals surface area contributed by atoms with Crippen LogP contribution in [0.1, 0.15) is 6.92 Å². The standard InChI is InChI=1S/C15H20N4O2/c1-11(10-21-2)18-14(20)9-19-8-7-17-15(19)12-3-5-13(16)6-4-12/h3-8,11H,9-10,16H2,1-2H3,(H,18,20). The predicted molar refractivity (Wildman–Crippen MR) is 81.6 cm³/mol. The van der Waals surface area contributed by atoms with E-state index in [1.165, 1.54) is 0 Å². The number of hydrogen-bond donors (Lipinski definition) is 2. The third kappa shape index (κ3) is 4.06. The summed E-state index contributed by atoms with van der Waals surface area (Å²) in [6.07, 6.45) is 3.46. The van der Waals surface area contributed by atoms with Crippen LogP contribution in [0, 0.1) is 0 Å². The Morgan fingerprint density at radius 1 is 1.43 bits per heavy atom. The molecular weight excluding hydrogens is 268 g/mol. The number of rotatable bonds is 6. The average Bonchev–Trinajstić information content (AvgIpc) is 2.87. The molecule has 1 aromatic heterocycles. The van der Waals surface area contributed by atoms with Gasteiger partial charge in [0.2, 0.25) is 5.91 Å². The van der Waals surface area contributed by atoms with E-state index in [0.717, 1.165) is 11.4 Å². The molecule has 2 rings (SSSR count). The van der Waals surface area contributed by atoms with Gasteiger partial charge in [0.05, 0.1) is 6.61 Å². The van der Waals surface area contributed by atoms with Crippen LogP contribution in [0.2, 0.25) is 0 Å². The third-order valence-corrected chi connectivity index (χ3v) is 3.02. The highest BCUT2D eigenvalue weighted by Crippen LogP contribution is 2.18. The molecule has 1 heterocycles. The average molecular weight is 288 g/mol. The molecule has 2 aromatic rings. The highest BCUT2D eigenvalue weighted by molar-refractivity contribution is 5.76. The number of nitrogens with zero attached hydrogens (tertiary/aromatic N) is 2. The minimum atomic E-state index is -0.0748. The summed E-state index contributed by atoms with van der Waals surface area (Å²) in [7, 11) is 1.61. The van der Waals surface area contributed by atoms with E-state index in [1.807, 2.05) is 31.2 Å². The first-order valence-corrected chi connectivity index (χ1v) is 6.75. The van der Waals surface area contributed by atoms with Gasteiger partial charge >= 0.3 is 0 Å². The zero-order chi connectivity index (χ0) is 15.2. The number of nitrogens with one attached hydrogen (secondary N) is 1. The van der Waals surface area contributed by atoms with Crippen molar-refractivity contribution in [2.75, 3.05) is 19.5 Å². The van der Waals surface area contributed by atoms with Crippen molar-refractivity contribution in [1.29, 1.82) is 0 Å². The molecule has 0 aliphatic carbocycles. The Morgan fingerprint density at radius 3 is 2.81 bits per heavy atom. The first kappa shape index (κ1) is 15.1. The second kappa shape index (κ2) is 6.90. The van der Waals surface area contributed by atoms with Gasteiger partial charge in [0.25, 0.3) is 0 Å². The topological polar surface area (TPSA) is 82.2 Å². The van der Waals surface area contributed by atoms with Crippen molar-refractivity contribution in [2.45, 2.75) is 19.5 Å². The quantitative estimate of drug-likeness (QED) is 0.785. The number of imidazole rings is 1. The van der Waals surface area contributed by atoms with E-state index in [1.54, 1.807) is 24.1 Å². The number of ether oxygens (including phenoxy) is 1. The zero-order valence-electron chi connectivity index (χ0n) is 12.2. The number of nitrogen functional groups attached to an aromatic ring is 1. The van der Waals surface area contributed by atoms with Crippen LogP contribution in [0.4, 0.5) is 5.69 Å². The van der Waals surface area contributed by atoms with E-state index in [4.69, 9.17) is 10.5 Å². The number of amides is 1. The zero-order valence-corrected chi connectivity index (χ0v) is 12.2. The van der Waals surface area contributed by atoms with Crippen LogP contribution in [0.15, 0.2) is 36.7 Å². The van der Waals surface area contributed by atoms with E-state index in [-0.39, 0.29) is 18.5 Å². The summed E-state index contributed by atoms with van der Waals surface area (Å²) < 4.78 is 6.80. The molecule has 0 aliphatic rings. The van der Waals surface area contributed by atoms with Gasteiger partial charge in [-0.05, 0) is 31.2 Å². The van der Waals surface area contributed by atoms with Gasteiger partial charge in [-0.15, -0.1) is 0 Å². The molecule has 6 heteroatoms. The molecule has 112 valence electrons. The van der Waals surface area contributed by atoms with Crippen molar-refractivity contribution in [1.82, 2.24) is 14.9 Å². The number of hydrogen-bond acceptors (Lipinski definition) is 4. The van der Waals surface area contributed by atoms with Gasteiger partial charge in [-0.3, -0.25) is 4.79 Å². The maximum absolute atomic E-state index is 12.0. The third-order valence-electron chi connectivity index (χ3n) is 3.02. The number of carbonyl (C=O) groups is 1. The van der Waals surface area contributed by atoms with Crippen molar-refractivity contribution in [2.24, 2.45) is 0 Å². The fourth-order valence-corrected chi connectivity index (χ4v) is 2.10. The Morgan fingerprint density at radius 2 is 2.14 bits per heavy atom. The monoisotopic (exact) mass is 288 g/mol. The molecule has 0 fully saturated rings. The number of nitrogens with two attached hydrogens (primary N) is 1. The second-order valence-electron chi connectivity index (χ2n) is 4.92. The molecule has 0 spiro atoms. The van der Waals surface area contributed by atoms with Crippen molar-refractivity contribution < 1.29 is 9.53 Å². The summed E-state index contributed by atoms with van der Waals surface area (Å²) in [5.74, 6) is 0.666. The molecule has 1 unspecified atom stereocenters. The van der Waals surface area contributed by atoms with Crippen molar-refractivity contribution in [3.05, 3.63) is 36.7 Å². The lowest BCUT2D eigenvalue weighted by Gasteiger charge is -2.14. The van der Waals surface area contributed by atoms with Crippen molar-refractivity contribution in [3.8, 4) is 11.4 Å². The largest absolute Gasteiger partial charge is 0.399 e. The minimum absolute atomic E-state index is 0.0222. The Balaban J connectivity index is 2.07. The molecule has 1 amide bonds. The second-order valence-corrected chi connectivity index (χ2v) is 4.92. The fraction of sp³-hybridized carbons (Fsp3) is 0.333. The SMILES string of the molecule is COCC(C)NC(=O)Cn1ccnc1-c1ccc(N)cc1. The van der Waals surface area contributed by atoms with Crippen LogP contribution in [-0.4, -0.2) is 35.2 Å². The van der Waals surface area contributed by atoms with Crippen LogP contribution in [0.5, 0.6) is 0 Å². The summed E-state index contributed by atoms with van der Waals surface area (Å²) in [5, 5.41) is 2.87. The first-order valence-electron chi connectivity index (χ1n) is 6.75. The maximum Gasteiger partial charge on any atom is 0.240 e. The molecule has 0 saturated carbocycles. The summed E-state index contributed by atoms with van der Waals surface area (Å²) in [5.41, 5.74) is 7.30. The highest BCUT2D eigenvalue weighted by atomic mass is 16.5. The molecule has 6 nitrogen and oxygen atoms in total. The van der Waals surface area contributed by atoms with E-state index in [2.05, 4.69) is 10.3 Å². The molecule has 0 aliphatic heterocycles. The van der Waals surface area contributed by atoms with Crippen LogP contribution in [0.25, 0.3) is 11.4 Å². The summed E-state index contributed by atoms with van der Waals surface area (Å²) in [6, 6.07) is 7.38. The van der Waals surface area contributed by atoms with Gasteiger partial charge in [-0.1, -0.05) is 0 Å². The molecule has 3 N–H and O–H groups in total. The van der Waals surface area contributed by atoms with Crippen LogP contribution < -0.4 is 11.1 Å². The predicted octanol–water partition coefficient (Wildman–Crippen LogP) is 1.28. The summed E-state index contributed by atoms with van der Waals surface area (Å²) >= 11 is 0. The molecule has 0 saturated heterocycles. The lowest BCUT2D eigenvalue weighted by atomic mass is 10.2. The molecule has 21 heavy (non-hydrogen) atoms. The Kier molecular flexibility index (Phi) is 4.94. The van der Waals surface area contributed by atoms with E-state index in [9.17, 15) is 4.79 Å². The van der Waals surface area contributed by atoms with Crippen LogP contribution >= 0.6 is 0 Å². The fourth-order valence-electron chi connectivity index (χ4n) is 2.10. The summed E-state index contributed by atoms with van der Waals surface area (Å²) in [4.78, 5) is 16.3. The van der Waals surface area contributed by atoms with E-state index in [0.29, 0.717) is 12.3 Å². The highest BCUT2D eigenvalue weighted by Gasteiger charge is 2.11. The number of carbonyl (C=O) groups excluding carboxylic acids is 1. The Bertz CT molecular complexity index is 592.